The molecule has 1 heterocycles. The Bertz CT molecular complexity index is 609. The largest absolute Gasteiger partial charge is 0.497 e. The van der Waals surface area contributed by atoms with E-state index in [1.54, 1.807) is 13.4 Å². The van der Waals surface area contributed by atoms with E-state index >= 15 is 0 Å². The van der Waals surface area contributed by atoms with Crippen LogP contribution in [0.3, 0.4) is 0 Å². The fraction of sp³-hybridized carbons (Fsp3) is 0.462. The lowest BCUT2D eigenvalue weighted by Gasteiger charge is -2.10. The summed E-state index contributed by atoms with van der Waals surface area (Å²) in [4.78, 5) is 4.33. The second kappa shape index (κ2) is 5.61. The molecule has 2 unspecified atom stereocenters. The molecule has 2 aromatic rings. The van der Waals surface area contributed by atoms with Crippen LogP contribution < -0.4 is 10.5 Å². The average molecular weight is 281 g/mol. The summed E-state index contributed by atoms with van der Waals surface area (Å²) in [5.74, 6) is 1.25. The lowest BCUT2D eigenvalue weighted by atomic mass is 10.3. The van der Waals surface area contributed by atoms with Crippen molar-refractivity contribution in [1.82, 2.24) is 9.55 Å². The zero-order chi connectivity index (χ0) is 14.0. The number of hydrogen-bond donors (Lipinski definition) is 1. The number of anilines is 1. The molecule has 0 bridgehead atoms. The van der Waals surface area contributed by atoms with E-state index in [2.05, 4.69) is 4.98 Å². The summed E-state index contributed by atoms with van der Waals surface area (Å²) in [6, 6.07) is 5.70. The van der Waals surface area contributed by atoms with Gasteiger partial charge in [-0.2, -0.15) is 0 Å². The summed E-state index contributed by atoms with van der Waals surface area (Å²) in [6.07, 6.45) is 2.54. The van der Waals surface area contributed by atoms with Gasteiger partial charge in [-0.25, -0.2) is 4.98 Å². The molecule has 6 heteroatoms. The quantitative estimate of drug-likeness (QED) is 0.907. The second-order valence-corrected chi connectivity index (χ2v) is 6.38. The van der Waals surface area contributed by atoms with Gasteiger partial charge in [0.1, 0.15) is 5.75 Å². The highest BCUT2D eigenvalue weighted by atomic mass is 32.2. The van der Waals surface area contributed by atoms with Gasteiger partial charge in [0, 0.05) is 34.9 Å². The Morgan fingerprint density at radius 3 is 2.89 bits per heavy atom. The molecule has 104 valence electrons. The maximum atomic E-state index is 11.4. The van der Waals surface area contributed by atoms with Gasteiger partial charge in [0.2, 0.25) is 5.95 Å². The Balaban J connectivity index is 2.27. The first kappa shape index (κ1) is 13.9. The van der Waals surface area contributed by atoms with Crippen molar-refractivity contribution in [3.05, 3.63) is 18.2 Å². The van der Waals surface area contributed by atoms with Crippen molar-refractivity contribution in [2.45, 2.75) is 25.1 Å². The van der Waals surface area contributed by atoms with Crippen LogP contribution in [0.4, 0.5) is 5.95 Å². The number of benzene rings is 1. The minimum atomic E-state index is -0.812. The maximum Gasteiger partial charge on any atom is 0.201 e. The fourth-order valence-corrected chi connectivity index (χ4v) is 2.40. The van der Waals surface area contributed by atoms with Crippen molar-refractivity contribution in [1.29, 1.82) is 0 Å². The molecule has 0 saturated heterocycles. The molecule has 0 spiro atoms. The van der Waals surface area contributed by atoms with E-state index in [0.29, 0.717) is 5.95 Å². The van der Waals surface area contributed by atoms with E-state index in [-0.39, 0.29) is 5.25 Å². The highest BCUT2D eigenvalue weighted by Gasteiger charge is 2.12. The van der Waals surface area contributed by atoms with E-state index in [1.165, 1.54) is 0 Å². The monoisotopic (exact) mass is 281 g/mol. The summed E-state index contributed by atoms with van der Waals surface area (Å²) in [7, 11) is 0.813. The molecule has 0 amide bonds. The van der Waals surface area contributed by atoms with Crippen LogP contribution in [0.2, 0.25) is 0 Å². The van der Waals surface area contributed by atoms with Crippen molar-refractivity contribution in [2.75, 3.05) is 19.1 Å². The zero-order valence-electron chi connectivity index (χ0n) is 11.4. The summed E-state index contributed by atoms with van der Waals surface area (Å²) >= 11 is 0. The number of hydrogen-bond acceptors (Lipinski definition) is 4. The van der Waals surface area contributed by atoms with E-state index in [9.17, 15) is 4.21 Å². The summed E-state index contributed by atoms with van der Waals surface area (Å²) in [5.41, 5.74) is 7.74. The first-order valence-corrected chi connectivity index (χ1v) is 7.77. The standard InChI is InChI=1S/C13H19N3O2S/c1-9(19(3)17)6-7-16-12-5-4-10(18-2)8-11(12)15-13(16)14/h4-5,8-9H,6-7H2,1-3H3,(H2,14,15). The molecule has 0 aliphatic heterocycles. The minimum absolute atomic E-state index is 0.148. The number of aryl methyl sites for hydroxylation is 1. The number of fused-ring (bicyclic) bond motifs is 1. The number of nitrogens with two attached hydrogens (primary N) is 1. The molecular weight excluding hydrogens is 262 g/mol. The molecule has 2 atom stereocenters. The molecule has 2 rings (SSSR count). The first-order chi connectivity index (χ1) is 9.02. The van der Waals surface area contributed by atoms with Crippen LogP contribution >= 0.6 is 0 Å². The maximum absolute atomic E-state index is 11.4. The van der Waals surface area contributed by atoms with Crippen LogP contribution in [0.5, 0.6) is 5.75 Å². The summed E-state index contributed by atoms with van der Waals surface area (Å²) in [6.45, 7) is 2.70. The number of aromatic nitrogens is 2. The molecule has 1 aromatic carbocycles. The van der Waals surface area contributed by atoms with Gasteiger partial charge in [-0.15, -0.1) is 0 Å². The minimum Gasteiger partial charge on any atom is -0.497 e. The molecule has 1 aromatic heterocycles. The molecule has 0 fully saturated rings. The Hall–Kier alpha value is -1.56. The number of rotatable bonds is 5. The van der Waals surface area contributed by atoms with Crippen molar-refractivity contribution < 1.29 is 8.95 Å². The predicted octanol–water partition coefficient (Wildman–Crippen LogP) is 1.78. The summed E-state index contributed by atoms with van der Waals surface area (Å²) < 4.78 is 18.5. The lowest BCUT2D eigenvalue weighted by molar-refractivity contribution is 0.415. The van der Waals surface area contributed by atoms with E-state index < -0.39 is 10.8 Å². The Morgan fingerprint density at radius 2 is 2.26 bits per heavy atom. The number of nitrogens with zero attached hydrogens (tertiary/aromatic N) is 2. The lowest BCUT2D eigenvalue weighted by Crippen LogP contribution is -2.13. The third-order valence-corrected chi connectivity index (χ3v) is 4.68. The molecule has 0 aliphatic carbocycles. The fourth-order valence-electron chi connectivity index (χ4n) is 1.97. The highest BCUT2D eigenvalue weighted by Crippen LogP contribution is 2.23. The van der Waals surface area contributed by atoms with Gasteiger partial charge in [0.15, 0.2) is 0 Å². The molecular formula is C13H19N3O2S. The zero-order valence-corrected chi connectivity index (χ0v) is 12.2. The van der Waals surface area contributed by atoms with Crippen LogP contribution in [0.15, 0.2) is 18.2 Å². The average Bonchev–Trinajstić information content (AvgIpc) is 2.70. The molecule has 19 heavy (non-hydrogen) atoms. The Kier molecular flexibility index (Phi) is 4.09. The second-order valence-electron chi connectivity index (χ2n) is 4.57. The van der Waals surface area contributed by atoms with Gasteiger partial charge in [-0.1, -0.05) is 6.92 Å². The van der Waals surface area contributed by atoms with Crippen molar-refractivity contribution >= 4 is 27.8 Å². The topological polar surface area (TPSA) is 70.1 Å². The smallest absolute Gasteiger partial charge is 0.201 e. The number of imidazole rings is 1. The molecule has 0 aliphatic rings. The van der Waals surface area contributed by atoms with Crippen LogP contribution in [0.1, 0.15) is 13.3 Å². The van der Waals surface area contributed by atoms with E-state index in [4.69, 9.17) is 10.5 Å². The molecule has 0 radical (unpaired) electrons. The van der Waals surface area contributed by atoms with Crippen LogP contribution in [0, 0.1) is 0 Å². The SMILES string of the molecule is COc1ccc2c(c1)nc(N)n2CCC(C)S(C)=O. The summed E-state index contributed by atoms with van der Waals surface area (Å²) in [5, 5.41) is 0.148. The first-order valence-electron chi connectivity index (χ1n) is 6.15. The van der Waals surface area contributed by atoms with Crippen molar-refractivity contribution in [3.8, 4) is 5.75 Å². The van der Waals surface area contributed by atoms with Crippen molar-refractivity contribution in [3.63, 3.8) is 0 Å². The van der Waals surface area contributed by atoms with Gasteiger partial charge in [0.05, 0.1) is 18.1 Å². The van der Waals surface area contributed by atoms with Crippen LogP contribution in [-0.2, 0) is 17.3 Å². The highest BCUT2D eigenvalue weighted by molar-refractivity contribution is 7.84. The van der Waals surface area contributed by atoms with Gasteiger partial charge in [-0.05, 0) is 18.6 Å². The van der Waals surface area contributed by atoms with Gasteiger partial charge >= 0.3 is 0 Å². The van der Waals surface area contributed by atoms with Crippen molar-refractivity contribution in [2.24, 2.45) is 0 Å². The molecule has 5 nitrogen and oxygen atoms in total. The third-order valence-electron chi connectivity index (χ3n) is 3.31. The van der Waals surface area contributed by atoms with Crippen LogP contribution in [0.25, 0.3) is 11.0 Å². The van der Waals surface area contributed by atoms with Gasteiger partial charge in [-0.3, -0.25) is 4.21 Å². The third kappa shape index (κ3) is 2.89. The Morgan fingerprint density at radius 1 is 1.53 bits per heavy atom. The van der Waals surface area contributed by atoms with E-state index in [1.807, 2.05) is 29.7 Å². The van der Waals surface area contributed by atoms with Gasteiger partial charge in [0.25, 0.3) is 0 Å². The number of nitrogen functional groups attached to an aromatic ring is 1. The number of methoxy groups -OCH3 is 1. The van der Waals surface area contributed by atoms with Gasteiger partial charge < -0.3 is 15.0 Å². The van der Waals surface area contributed by atoms with E-state index in [0.717, 1.165) is 29.7 Å². The normalized spacial score (nSPS) is 14.5. The molecule has 2 N–H and O–H groups in total. The number of ether oxygens (including phenoxy) is 1. The van der Waals surface area contributed by atoms with Crippen LogP contribution in [-0.4, -0.2) is 32.4 Å². The Labute approximate surface area is 115 Å². The molecule has 0 saturated carbocycles. The predicted molar refractivity (Wildman–Crippen MR) is 78.8 cm³/mol.